The van der Waals surface area contributed by atoms with Crippen LogP contribution in [-0.2, 0) is 11.0 Å². The van der Waals surface area contributed by atoms with E-state index in [4.69, 9.17) is 11.6 Å². The molecule has 5 heteroatoms. The van der Waals surface area contributed by atoms with Crippen LogP contribution in [-0.4, -0.2) is 15.2 Å². The fourth-order valence-corrected chi connectivity index (χ4v) is 1.59. The second-order valence-corrected chi connectivity index (χ2v) is 6.58. The first-order chi connectivity index (χ1) is 7.32. The molecule has 0 aliphatic carbocycles. The summed E-state index contributed by atoms with van der Waals surface area (Å²) in [6.07, 6.45) is 1.25. The highest BCUT2D eigenvalue weighted by molar-refractivity contribution is 7.85. The minimum Gasteiger partial charge on any atom is -0.234 e. The number of hydrogen-bond acceptors (Lipinski definition) is 1. The monoisotopic (exact) mass is 261 g/mol. The Labute approximate surface area is 102 Å². The molecule has 88 valence electrons. The lowest BCUT2D eigenvalue weighted by Gasteiger charge is -2.12. The highest BCUT2D eigenvalue weighted by Crippen LogP contribution is 2.17. The molecule has 16 heavy (non-hydrogen) atoms. The summed E-state index contributed by atoms with van der Waals surface area (Å²) in [5.41, 5.74) is 0.241. The summed E-state index contributed by atoms with van der Waals surface area (Å²) >= 11 is 5.61. The Morgan fingerprint density at radius 1 is 1.44 bits per heavy atom. The molecule has 0 radical (unpaired) electrons. The molecular weight excluding hydrogens is 249 g/mol. The maximum Gasteiger partial charge on any atom is 0.150 e. The molecule has 2 nitrogen and oxygen atoms in total. The maximum absolute atomic E-state index is 13.4. The molecule has 0 N–H and O–H groups in total. The van der Waals surface area contributed by atoms with Crippen molar-refractivity contribution in [3.05, 3.63) is 34.6 Å². The lowest BCUT2D eigenvalue weighted by Crippen LogP contribution is -2.19. The lowest BCUT2D eigenvalue weighted by molar-refractivity contribution is 0.626. The van der Waals surface area contributed by atoms with Crippen molar-refractivity contribution >= 4 is 28.8 Å². The van der Waals surface area contributed by atoms with Gasteiger partial charge in [0, 0.05) is 11.8 Å². The molecule has 0 bridgehead atoms. The van der Waals surface area contributed by atoms with Crippen LogP contribution in [0.3, 0.4) is 0 Å². The highest BCUT2D eigenvalue weighted by atomic mass is 35.5. The van der Waals surface area contributed by atoms with E-state index >= 15 is 0 Å². The molecule has 0 amide bonds. The van der Waals surface area contributed by atoms with Gasteiger partial charge < -0.3 is 0 Å². The fraction of sp³-hybridized carbons (Fsp3) is 0.364. The maximum atomic E-state index is 13.4. The fourth-order valence-electron chi connectivity index (χ4n) is 0.883. The Hall–Kier alpha value is -0.740. The first-order valence-electron chi connectivity index (χ1n) is 4.72. The predicted octanol–water partition coefficient (Wildman–Crippen LogP) is 3.36. The van der Waals surface area contributed by atoms with Crippen LogP contribution in [0.1, 0.15) is 26.3 Å². The minimum absolute atomic E-state index is 0.0329. The van der Waals surface area contributed by atoms with E-state index in [-0.39, 0.29) is 10.6 Å². The van der Waals surface area contributed by atoms with Gasteiger partial charge in [-0.1, -0.05) is 23.7 Å². The van der Waals surface area contributed by atoms with Crippen molar-refractivity contribution in [1.82, 2.24) is 0 Å². The molecular formula is C11H13ClFNOS. The van der Waals surface area contributed by atoms with Crippen LogP contribution in [0.15, 0.2) is 22.6 Å². The summed E-state index contributed by atoms with van der Waals surface area (Å²) < 4.78 is 28.4. The summed E-state index contributed by atoms with van der Waals surface area (Å²) in [6.45, 7) is 5.40. The molecule has 1 atom stereocenters. The summed E-state index contributed by atoms with van der Waals surface area (Å²) in [6, 6.07) is 4.60. The van der Waals surface area contributed by atoms with Crippen LogP contribution < -0.4 is 0 Å². The topological polar surface area (TPSA) is 29.4 Å². The molecule has 1 aromatic carbocycles. The second kappa shape index (κ2) is 5.06. The van der Waals surface area contributed by atoms with E-state index in [0.29, 0.717) is 0 Å². The molecule has 1 rings (SSSR count). The molecule has 0 aromatic heterocycles. The number of nitrogens with zero attached hydrogens (tertiary/aromatic N) is 1. The highest BCUT2D eigenvalue weighted by Gasteiger charge is 2.18. The van der Waals surface area contributed by atoms with Crippen LogP contribution in [0, 0.1) is 5.82 Å². The van der Waals surface area contributed by atoms with Crippen LogP contribution >= 0.6 is 11.6 Å². The van der Waals surface area contributed by atoms with E-state index in [0.717, 1.165) is 0 Å². The molecule has 0 aliphatic heterocycles. The number of hydrogen-bond donors (Lipinski definition) is 0. The Kier molecular flexibility index (Phi) is 4.21. The van der Waals surface area contributed by atoms with E-state index in [1.54, 1.807) is 26.8 Å². The van der Waals surface area contributed by atoms with E-state index in [2.05, 4.69) is 4.40 Å². The zero-order valence-electron chi connectivity index (χ0n) is 9.33. The van der Waals surface area contributed by atoms with Gasteiger partial charge in [0.05, 0.1) is 9.77 Å². The van der Waals surface area contributed by atoms with Gasteiger partial charge in [0.2, 0.25) is 0 Å². The third-order valence-corrected chi connectivity index (χ3v) is 3.43. The van der Waals surface area contributed by atoms with Crippen LogP contribution in [0.25, 0.3) is 0 Å². The van der Waals surface area contributed by atoms with E-state index in [1.165, 1.54) is 18.3 Å². The summed E-state index contributed by atoms with van der Waals surface area (Å²) in [7, 11) is -1.39. The van der Waals surface area contributed by atoms with Gasteiger partial charge in [-0.05, 0) is 26.8 Å². The zero-order valence-corrected chi connectivity index (χ0v) is 10.9. The summed E-state index contributed by atoms with van der Waals surface area (Å²) in [5, 5.41) is 0.0329. The molecule has 0 saturated heterocycles. The number of halogens is 2. The first kappa shape index (κ1) is 13.3. The van der Waals surface area contributed by atoms with Crippen molar-refractivity contribution < 1.29 is 8.60 Å². The van der Waals surface area contributed by atoms with Crippen molar-refractivity contribution in [2.45, 2.75) is 25.5 Å². The van der Waals surface area contributed by atoms with Crippen molar-refractivity contribution in [1.29, 1.82) is 0 Å². The van der Waals surface area contributed by atoms with Crippen LogP contribution in [0.5, 0.6) is 0 Å². The second-order valence-electron chi connectivity index (χ2n) is 4.24. The van der Waals surface area contributed by atoms with Gasteiger partial charge >= 0.3 is 0 Å². The lowest BCUT2D eigenvalue weighted by atomic mass is 10.2. The number of benzene rings is 1. The van der Waals surface area contributed by atoms with Crippen molar-refractivity contribution in [2.75, 3.05) is 0 Å². The van der Waals surface area contributed by atoms with Crippen molar-refractivity contribution in [3.8, 4) is 0 Å². The Balaban J connectivity index is 2.94. The Bertz CT molecular complexity index is 440. The molecule has 0 saturated carbocycles. The SMILES string of the molecule is CC(C)(C)[S@@](=O)/N=C/c1cccc(Cl)c1F. The van der Waals surface area contributed by atoms with Gasteiger partial charge in [0.15, 0.2) is 5.82 Å². The quantitative estimate of drug-likeness (QED) is 0.751. The molecule has 0 aliphatic rings. The average Bonchev–Trinajstić information content (AvgIpc) is 2.18. The van der Waals surface area contributed by atoms with E-state index in [1.807, 2.05) is 0 Å². The third-order valence-electron chi connectivity index (χ3n) is 1.79. The molecule has 0 spiro atoms. The first-order valence-corrected chi connectivity index (χ1v) is 6.21. The Morgan fingerprint density at radius 2 is 2.06 bits per heavy atom. The van der Waals surface area contributed by atoms with Gasteiger partial charge in [-0.3, -0.25) is 0 Å². The molecule has 0 heterocycles. The van der Waals surface area contributed by atoms with E-state index in [9.17, 15) is 8.60 Å². The number of rotatable bonds is 2. The van der Waals surface area contributed by atoms with Gasteiger partial charge in [-0.15, -0.1) is 0 Å². The van der Waals surface area contributed by atoms with Crippen molar-refractivity contribution in [2.24, 2.45) is 4.40 Å². The van der Waals surface area contributed by atoms with Gasteiger partial charge in [-0.25, -0.2) is 8.60 Å². The van der Waals surface area contributed by atoms with E-state index < -0.39 is 21.5 Å². The van der Waals surface area contributed by atoms with Crippen molar-refractivity contribution in [3.63, 3.8) is 0 Å². The molecule has 0 fully saturated rings. The third kappa shape index (κ3) is 3.39. The standard InChI is InChI=1S/C11H13ClFNOS/c1-11(2,3)16(15)14-7-8-5-4-6-9(12)10(8)13/h4-7H,1-3H3/b14-7+/t16-/m1/s1. The van der Waals surface area contributed by atoms with Gasteiger partial charge in [0.25, 0.3) is 0 Å². The minimum atomic E-state index is -1.39. The predicted molar refractivity (Wildman–Crippen MR) is 66.9 cm³/mol. The Morgan fingerprint density at radius 3 is 2.62 bits per heavy atom. The summed E-state index contributed by atoms with van der Waals surface area (Å²) in [4.78, 5) is 0. The van der Waals surface area contributed by atoms with Gasteiger partial charge in [-0.2, -0.15) is 4.40 Å². The summed E-state index contributed by atoms with van der Waals surface area (Å²) in [5.74, 6) is -0.543. The molecule has 1 aromatic rings. The van der Waals surface area contributed by atoms with Crippen LogP contribution in [0.4, 0.5) is 4.39 Å². The zero-order chi connectivity index (χ0) is 12.3. The normalized spacial score (nSPS) is 14.3. The van der Waals surface area contributed by atoms with Gasteiger partial charge in [0.1, 0.15) is 11.0 Å². The largest absolute Gasteiger partial charge is 0.234 e. The van der Waals surface area contributed by atoms with Crippen LogP contribution in [0.2, 0.25) is 5.02 Å². The molecule has 0 unspecified atom stereocenters. The average molecular weight is 262 g/mol. The smallest absolute Gasteiger partial charge is 0.150 e.